The van der Waals surface area contributed by atoms with E-state index in [1.807, 2.05) is 0 Å². The maximum absolute atomic E-state index is 11.6. The van der Waals surface area contributed by atoms with Gasteiger partial charge in [-0.15, -0.1) is 0 Å². The summed E-state index contributed by atoms with van der Waals surface area (Å²) in [6, 6.07) is 3.63. The molecule has 0 aromatic heterocycles. The van der Waals surface area contributed by atoms with Crippen molar-refractivity contribution in [2.24, 2.45) is 0 Å². The zero-order chi connectivity index (χ0) is 13.7. The third kappa shape index (κ3) is 3.78. The number of hydrogen-bond acceptors (Lipinski definition) is 4. The number of carboxylic acid groups (broad SMARTS) is 2. The summed E-state index contributed by atoms with van der Waals surface area (Å²) in [5.41, 5.74) is 0.129. The van der Waals surface area contributed by atoms with Crippen LogP contribution in [0.1, 0.15) is 16.8 Å². The highest BCUT2D eigenvalue weighted by molar-refractivity contribution is 5.97. The Balaban J connectivity index is 2.75. The Labute approximate surface area is 102 Å². The van der Waals surface area contributed by atoms with E-state index in [1.165, 1.54) is 24.3 Å². The van der Waals surface area contributed by atoms with Crippen LogP contribution < -0.4 is 5.32 Å². The molecule has 0 fully saturated rings. The van der Waals surface area contributed by atoms with E-state index in [4.69, 9.17) is 15.3 Å². The van der Waals surface area contributed by atoms with Crippen LogP contribution in [0.5, 0.6) is 5.75 Å². The molecule has 0 aliphatic heterocycles. The van der Waals surface area contributed by atoms with Crippen molar-refractivity contribution in [2.45, 2.75) is 12.5 Å². The van der Waals surface area contributed by atoms with Crippen molar-refractivity contribution in [3.63, 3.8) is 0 Å². The van der Waals surface area contributed by atoms with E-state index in [0.717, 1.165) is 0 Å². The Hall–Kier alpha value is -2.57. The molecule has 0 saturated carbocycles. The molecule has 0 heterocycles. The Bertz CT molecular complexity index is 467. The second-order valence-electron chi connectivity index (χ2n) is 3.51. The lowest BCUT2D eigenvalue weighted by Crippen LogP contribution is -2.42. The third-order valence-electron chi connectivity index (χ3n) is 2.11. The average molecular weight is 253 g/mol. The van der Waals surface area contributed by atoms with Gasteiger partial charge in [0.05, 0.1) is 6.42 Å². The molecule has 1 rings (SSSR count). The monoisotopic (exact) mass is 253 g/mol. The van der Waals surface area contributed by atoms with Crippen LogP contribution in [-0.4, -0.2) is 39.2 Å². The summed E-state index contributed by atoms with van der Waals surface area (Å²) in [5.74, 6) is -3.51. The van der Waals surface area contributed by atoms with Crippen molar-refractivity contribution in [2.75, 3.05) is 0 Å². The van der Waals surface area contributed by atoms with Crippen LogP contribution in [0.4, 0.5) is 0 Å². The third-order valence-corrected chi connectivity index (χ3v) is 2.11. The molecule has 0 aliphatic carbocycles. The summed E-state index contributed by atoms with van der Waals surface area (Å²) >= 11 is 0. The number of benzene rings is 1. The number of phenolic OH excluding ortho intramolecular Hbond substituents is 1. The van der Waals surface area contributed by atoms with E-state index < -0.39 is 30.3 Å². The lowest BCUT2D eigenvalue weighted by molar-refractivity contribution is -0.145. The second-order valence-corrected chi connectivity index (χ2v) is 3.51. The van der Waals surface area contributed by atoms with E-state index in [2.05, 4.69) is 5.32 Å². The van der Waals surface area contributed by atoms with Gasteiger partial charge in [-0.2, -0.15) is 0 Å². The van der Waals surface area contributed by atoms with Crippen molar-refractivity contribution < 1.29 is 29.7 Å². The Morgan fingerprint density at radius 2 is 1.67 bits per heavy atom. The number of phenols is 1. The molecule has 1 amide bonds. The Morgan fingerprint density at radius 1 is 1.11 bits per heavy atom. The highest BCUT2D eigenvalue weighted by Gasteiger charge is 2.23. The highest BCUT2D eigenvalue weighted by Crippen LogP contribution is 2.09. The number of carbonyl (C=O) groups is 3. The molecule has 7 heteroatoms. The number of aromatic hydroxyl groups is 1. The predicted octanol–water partition coefficient (Wildman–Crippen LogP) is 0.0499. The summed E-state index contributed by atoms with van der Waals surface area (Å²) in [7, 11) is 0. The average Bonchev–Trinajstić information content (AvgIpc) is 2.28. The quantitative estimate of drug-likeness (QED) is 0.587. The number of hydrogen-bond donors (Lipinski definition) is 4. The normalized spacial score (nSPS) is 11.6. The first-order chi connectivity index (χ1) is 8.40. The van der Waals surface area contributed by atoms with Gasteiger partial charge >= 0.3 is 11.9 Å². The molecule has 18 heavy (non-hydrogen) atoms. The molecule has 1 aromatic carbocycles. The first-order valence-corrected chi connectivity index (χ1v) is 4.94. The fourth-order valence-corrected chi connectivity index (χ4v) is 1.23. The molecule has 4 N–H and O–H groups in total. The topological polar surface area (TPSA) is 124 Å². The summed E-state index contributed by atoms with van der Waals surface area (Å²) in [4.78, 5) is 32.8. The minimum atomic E-state index is -1.50. The summed E-state index contributed by atoms with van der Waals surface area (Å²) in [5, 5.41) is 28.4. The molecule has 0 spiro atoms. The molecular formula is C11H11NO6. The minimum Gasteiger partial charge on any atom is -0.508 e. The van der Waals surface area contributed by atoms with Crippen molar-refractivity contribution in [3.05, 3.63) is 29.8 Å². The SMILES string of the molecule is O=C(O)CC(NC(=O)c1ccc(O)cc1)C(=O)O. The summed E-state index contributed by atoms with van der Waals surface area (Å²) < 4.78 is 0. The lowest BCUT2D eigenvalue weighted by atomic mass is 10.1. The van der Waals surface area contributed by atoms with Crippen LogP contribution in [0.15, 0.2) is 24.3 Å². The van der Waals surface area contributed by atoms with E-state index in [1.54, 1.807) is 0 Å². The van der Waals surface area contributed by atoms with Crippen molar-refractivity contribution in [3.8, 4) is 5.75 Å². The van der Waals surface area contributed by atoms with Gasteiger partial charge in [-0.25, -0.2) is 4.79 Å². The molecule has 7 nitrogen and oxygen atoms in total. The maximum Gasteiger partial charge on any atom is 0.326 e. The van der Waals surface area contributed by atoms with Gasteiger partial charge in [-0.3, -0.25) is 9.59 Å². The van der Waals surface area contributed by atoms with Crippen LogP contribution >= 0.6 is 0 Å². The second kappa shape index (κ2) is 5.67. The van der Waals surface area contributed by atoms with Gasteiger partial charge in [-0.05, 0) is 24.3 Å². The molecule has 0 radical (unpaired) electrons. The van der Waals surface area contributed by atoms with Crippen molar-refractivity contribution in [1.29, 1.82) is 0 Å². The molecule has 1 unspecified atom stereocenters. The van der Waals surface area contributed by atoms with E-state index in [0.29, 0.717) is 0 Å². The van der Waals surface area contributed by atoms with E-state index in [-0.39, 0.29) is 11.3 Å². The van der Waals surface area contributed by atoms with Gasteiger partial charge in [0.15, 0.2) is 0 Å². The Morgan fingerprint density at radius 3 is 2.11 bits per heavy atom. The Kier molecular flexibility index (Phi) is 4.25. The number of amides is 1. The number of aliphatic carboxylic acids is 2. The highest BCUT2D eigenvalue weighted by atomic mass is 16.4. The molecule has 1 atom stereocenters. The van der Waals surface area contributed by atoms with Crippen molar-refractivity contribution >= 4 is 17.8 Å². The zero-order valence-electron chi connectivity index (χ0n) is 9.16. The minimum absolute atomic E-state index is 0.0353. The summed E-state index contributed by atoms with van der Waals surface area (Å²) in [6.45, 7) is 0. The van der Waals surface area contributed by atoms with E-state index >= 15 is 0 Å². The molecule has 0 bridgehead atoms. The lowest BCUT2D eigenvalue weighted by Gasteiger charge is -2.12. The fraction of sp³-hybridized carbons (Fsp3) is 0.182. The van der Waals surface area contributed by atoms with Gasteiger partial charge in [0.1, 0.15) is 11.8 Å². The zero-order valence-corrected chi connectivity index (χ0v) is 9.16. The van der Waals surface area contributed by atoms with Gasteiger partial charge in [0.25, 0.3) is 5.91 Å². The van der Waals surface area contributed by atoms with Gasteiger partial charge < -0.3 is 20.6 Å². The molecule has 1 aromatic rings. The van der Waals surface area contributed by atoms with Crippen LogP contribution in [-0.2, 0) is 9.59 Å². The predicted molar refractivity (Wildman–Crippen MR) is 59.2 cm³/mol. The van der Waals surface area contributed by atoms with Gasteiger partial charge in [0.2, 0.25) is 0 Å². The standard InChI is InChI=1S/C11H11NO6/c13-7-3-1-6(2-4-7)10(16)12-8(11(17)18)5-9(14)15/h1-4,8,13H,5H2,(H,12,16)(H,14,15)(H,17,18). The molecule has 0 saturated heterocycles. The fourth-order valence-electron chi connectivity index (χ4n) is 1.23. The van der Waals surface area contributed by atoms with Gasteiger partial charge in [-0.1, -0.05) is 0 Å². The van der Waals surface area contributed by atoms with E-state index in [9.17, 15) is 14.4 Å². The van der Waals surface area contributed by atoms with Gasteiger partial charge in [0, 0.05) is 5.56 Å². The molecule has 96 valence electrons. The molecule has 0 aliphatic rings. The first-order valence-electron chi connectivity index (χ1n) is 4.94. The number of rotatable bonds is 5. The number of carboxylic acids is 2. The van der Waals surface area contributed by atoms with Crippen LogP contribution in [0, 0.1) is 0 Å². The largest absolute Gasteiger partial charge is 0.508 e. The first kappa shape index (κ1) is 13.5. The van der Waals surface area contributed by atoms with Crippen LogP contribution in [0.3, 0.4) is 0 Å². The maximum atomic E-state index is 11.6. The van der Waals surface area contributed by atoms with Crippen molar-refractivity contribution in [1.82, 2.24) is 5.32 Å². The number of nitrogens with one attached hydrogen (secondary N) is 1. The summed E-state index contributed by atoms with van der Waals surface area (Å²) in [6.07, 6.45) is -0.709. The van der Waals surface area contributed by atoms with Crippen LogP contribution in [0.2, 0.25) is 0 Å². The number of carbonyl (C=O) groups excluding carboxylic acids is 1. The molecular weight excluding hydrogens is 242 g/mol. The smallest absolute Gasteiger partial charge is 0.326 e. The van der Waals surface area contributed by atoms with Crippen LogP contribution in [0.25, 0.3) is 0 Å².